The van der Waals surface area contributed by atoms with Crippen LogP contribution in [-0.2, 0) is 11.3 Å². The molecule has 114 valence electrons. The minimum absolute atomic E-state index is 0.0886. The van der Waals surface area contributed by atoms with Crippen molar-refractivity contribution in [3.63, 3.8) is 0 Å². The molecule has 21 heavy (non-hydrogen) atoms. The first kappa shape index (κ1) is 15.3. The van der Waals surface area contributed by atoms with Gasteiger partial charge in [-0.25, -0.2) is 9.18 Å². The number of rotatable bonds is 4. The van der Waals surface area contributed by atoms with E-state index in [4.69, 9.17) is 5.11 Å². The van der Waals surface area contributed by atoms with E-state index < -0.39 is 5.97 Å². The summed E-state index contributed by atoms with van der Waals surface area (Å²) in [6.45, 7) is 0.376. The minimum atomic E-state index is -0.800. The SMILES string of the molecule is CN(Cc1ccc(F)cc1)C(=O)N[C@H]1CC[C@@H](C(=O)O)C1. The van der Waals surface area contributed by atoms with Gasteiger partial charge in [0.1, 0.15) is 5.82 Å². The summed E-state index contributed by atoms with van der Waals surface area (Å²) in [5.74, 6) is -1.47. The molecule has 6 heteroatoms. The molecule has 1 aromatic carbocycles. The van der Waals surface area contributed by atoms with Crippen LogP contribution in [0.3, 0.4) is 0 Å². The van der Waals surface area contributed by atoms with Crippen LogP contribution in [0.5, 0.6) is 0 Å². The van der Waals surface area contributed by atoms with E-state index in [1.54, 1.807) is 19.2 Å². The summed E-state index contributed by atoms with van der Waals surface area (Å²) in [7, 11) is 1.66. The molecule has 0 spiro atoms. The van der Waals surface area contributed by atoms with Crippen LogP contribution in [0.4, 0.5) is 9.18 Å². The number of hydrogen-bond acceptors (Lipinski definition) is 2. The van der Waals surface area contributed by atoms with E-state index in [0.29, 0.717) is 25.8 Å². The van der Waals surface area contributed by atoms with Crippen LogP contribution >= 0.6 is 0 Å². The molecule has 2 N–H and O–H groups in total. The summed E-state index contributed by atoms with van der Waals surface area (Å²) < 4.78 is 12.8. The van der Waals surface area contributed by atoms with E-state index in [2.05, 4.69) is 5.32 Å². The lowest BCUT2D eigenvalue weighted by atomic mass is 10.1. The number of carbonyl (C=O) groups excluding carboxylic acids is 1. The number of carboxylic acids is 1. The summed E-state index contributed by atoms with van der Waals surface area (Å²) in [5.41, 5.74) is 0.837. The second-order valence-electron chi connectivity index (χ2n) is 5.48. The number of carbonyl (C=O) groups is 2. The van der Waals surface area contributed by atoms with Gasteiger partial charge in [0.25, 0.3) is 0 Å². The Balaban J connectivity index is 1.83. The Morgan fingerprint density at radius 1 is 1.33 bits per heavy atom. The molecule has 1 aliphatic carbocycles. The highest BCUT2D eigenvalue weighted by Gasteiger charge is 2.30. The zero-order chi connectivity index (χ0) is 15.4. The summed E-state index contributed by atoms with van der Waals surface area (Å²) in [6, 6.07) is 5.65. The van der Waals surface area contributed by atoms with Crippen LogP contribution < -0.4 is 5.32 Å². The molecule has 2 rings (SSSR count). The van der Waals surface area contributed by atoms with E-state index in [9.17, 15) is 14.0 Å². The summed E-state index contributed by atoms with van der Waals surface area (Å²) in [6.07, 6.45) is 1.76. The van der Waals surface area contributed by atoms with Crippen molar-refractivity contribution in [2.45, 2.75) is 31.8 Å². The lowest BCUT2D eigenvalue weighted by Gasteiger charge is -2.21. The zero-order valence-corrected chi connectivity index (χ0v) is 11.9. The quantitative estimate of drug-likeness (QED) is 0.894. The van der Waals surface area contributed by atoms with Gasteiger partial charge in [0.2, 0.25) is 0 Å². The Kier molecular flexibility index (Phi) is 4.77. The van der Waals surface area contributed by atoms with Gasteiger partial charge in [0, 0.05) is 19.6 Å². The second kappa shape index (κ2) is 6.56. The standard InChI is InChI=1S/C15H19FN2O3/c1-18(9-10-2-5-12(16)6-3-10)15(21)17-13-7-4-11(8-13)14(19)20/h2-3,5-6,11,13H,4,7-9H2,1H3,(H,17,21)(H,19,20)/t11-,13+/m1/s1. The Hall–Kier alpha value is -2.11. The van der Waals surface area contributed by atoms with Crippen molar-refractivity contribution in [1.82, 2.24) is 10.2 Å². The molecule has 0 bridgehead atoms. The molecule has 5 nitrogen and oxygen atoms in total. The van der Waals surface area contributed by atoms with Gasteiger partial charge in [-0.05, 0) is 37.0 Å². The number of nitrogens with zero attached hydrogens (tertiary/aromatic N) is 1. The maximum atomic E-state index is 12.8. The predicted octanol–water partition coefficient (Wildman–Crippen LogP) is 2.22. The van der Waals surface area contributed by atoms with Gasteiger partial charge in [0.15, 0.2) is 0 Å². The third-order valence-electron chi connectivity index (χ3n) is 3.79. The lowest BCUT2D eigenvalue weighted by molar-refractivity contribution is -0.141. The molecule has 0 unspecified atom stereocenters. The average Bonchev–Trinajstić information content (AvgIpc) is 2.90. The van der Waals surface area contributed by atoms with Gasteiger partial charge >= 0.3 is 12.0 Å². The smallest absolute Gasteiger partial charge is 0.317 e. The van der Waals surface area contributed by atoms with Crippen molar-refractivity contribution in [2.75, 3.05) is 7.05 Å². The van der Waals surface area contributed by atoms with E-state index in [-0.39, 0.29) is 23.8 Å². The molecule has 2 atom stereocenters. The summed E-state index contributed by atoms with van der Waals surface area (Å²) >= 11 is 0. The van der Waals surface area contributed by atoms with Crippen LogP contribution in [-0.4, -0.2) is 35.1 Å². The van der Waals surface area contributed by atoms with Crippen LogP contribution in [0.2, 0.25) is 0 Å². The highest BCUT2D eigenvalue weighted by Crippen LogP contribution is 2.25. The molecule has 0 aliphatic heterocycles. The fraction of sp³-hybridized carbons (Fsp3) is 0.467. The molecule has 1 aromatic rings. The maximum Gasteiger partial charge on any atom is 0.317 e. The molecule has 0 saturated heterocycles. The molecule has 2 amide bonds. The van der Waals surface area contributed by atoms with Crippen LogP contribution in [0.1, 0.15) is 24.8 Å². The number of aliphatic carboxylic acids is 1. The third-order valence-corrected chi connectivity index (χ3v) is 3.79. The Morgan fingerprint density at radius 3 is 2.57 bits per heavy atom. The van der Waals surface area contributed by atoms with Gasteiger partial charge in [-0.2, -0.15) is 0 Å². The average molecular weight is 294 g/mol. The van der Waals surface area contributed by atoms with Crippen LogP contribution in [0.15, 0.2) is 24.3 Å². The third kappa shape index (κ3) is 4.18. The lowest BCUT2D eigenvalue weighted by Crippen LogP contribution is -2.42. The van der Waals surface area contributed by atoms with Gasteiger partial charge in [-0.1, -0.05) is 12.1 Å². The highest BCUT2D eigenvalue weighted by molar-refractivity contribution is 5.75. The van der Waals surface area contributed by atoms with Crippen LogP contribution in [0, 0.1) is 11.7 Å². The molecule has 1 fully saturated rings. The summed E-state index contributed by atoms with van der Waals surface area (Å²) in [4.78, 5) is 24.4. The number of benzene rings is 1. The monoisotopic (exact) mass is 294 g/mol. The van der Waals surface area contributed by atoms with E-state index in [0.717, 1.165) is 5.56 Å². The molecule has 1 aliphatic rings. The van der Waals surface area contributed by atoms with E-state index >= 15 is 0 Å². The number of halogens is 1. The van der Waals surface area contributed by atoms with Gasteiger partial charge in [-0.15, -0.1) is 0 Å². The van der Waals surface area contributed by atoms with Crippen LogP contribution in [0.25, 0.3) is 0 Å². The van der Waals surface area contributed by atoms with Crippen molar-refractivity contribution >= 4 is 12.0 Å². The minimum Gasteiger partial charge on any atom is -0.481 e. The van der Waals surface area contributed by atoms with Gasteiger partial charge < -0.3 is 15.3 Å². The Bertz CT molecular complexity index is 518. The Labute approximate surface area is 122 Å². The fourth-order valence-corrected chi connectivity index (χ4v) is 2.56. The number of urea groups is 1. The molecule has 0 heterocycles. The molecular weight excluding hydrogens is 275 g/mol. The molecule has 0 radical (unpaired) electrons. The largest absolute Gasteiger partial charge is 0.481 e. The Morgan fingerprint density at radius 2 is 2.00 bits per heavy atom. The predicted molar refractivity (Wildman–Crippen MR) is 75.2 cm³/mol. The van der Waals surface area contributed by atoms with E-state index in [1.165, 1.54) is 17.0 Å². The first-order valence-corrected chi connectivity index (χ1v) is 6.94. The van der Waals surface area contributed by atoms with E-state index in [1.807, 2.05) is 0 Å². The highest BCUT2D eigenvalue weighted by atomic mass is 19.1. The normalized spacial score (nSPS) is 21.0. The van der Waals surface area contributed by atoms with Crippen molar-refractivity contribution in [2.24, 2.45) is 5.92 Å². The first-order valence-electron chi connectivity index (χ1n) is 6.94. The molecule has 0 aromatic heterocycles. The van der Waals surface area contributed by atoms with Crippen molar-refractivity contribution < 1.29 is 19.1 Å². The fourth-order valence-electron chi connectivity index (χ4n) is 2.56. The molecular formula is C15H19FN2O3. The van der Waals surface area contributed by atoms with Crippen molar-refractivity contribution in [3.8, 4) is 0 Å². The summed E-state index contributed by atoms with van der Waals surface area (Å²) in [5, 5.41) is 11.8. The topological polar surface area (TPSA) is 69.6 Å². The van der Waals surface area contributed by atoms with Gasteiger partial charge in [0.05, 0.1) is 5.92 Å². The number of nitrogens with one attached hydrogen (secondary N) is 1. The second-order valence-corrected chi connectivity index (χ2v) is 5.48. The number of carboxylic acid groups (broad SMARTS) is 1. The van der Waals surface area contributed by atoms with Crippen molar-refractivity contribution in [1.29, 1.82) is 0 Å². The first-order chi connectivity index (χ1) is 9.95. The molecule has 1 saturated carbocycles. The number of amides is 2. The van der Waals surface area contributed by atoms with Gasteiger partial charge in [-0.3, -0.25) is 4.79 Å². The number of hydrogen-bond donors (Lipinski definition) is 2. The zero-order valence-electron chi connectivity index (χ0n) is 11.9. The van der Waals surface area contributed by atoms with Crippen molar-refractivity contribution in [3.05, 3.63) is 35.6 Å². The maximum absolute atomic E-state index is 12.8.